The Morgan fingerprint density at radius 2 is 2.16 bits per heavy atom. The molecular formula is C15H22N2O2. The van der Waals surface area contributed by atoms with Crippen molar-refractivity contribution in [3.63, 3.8) is 0 Å². The Labute approximate surface area is 114 Å². The standard InChI is InChI=1S/C15H22N2O2/c1-15(2)9-5-7-12(15)13(16)10-11-6-3-4-8-14(11)17(18)19/h3-4,6,8,12-13H,5,7,9-10,16H2,1-2H3. The molecular weight excluding hydrogens is 240 g/mol. The van der Waals surface area contributed by atoms with Crippen LogP contribution < -0.4 is 5.73 Å². The Morgan fingerprint density at radius 3 is 2.74 bits per heavy atom. The number of nitro benzene ring substituents is 1. The second-order valence-electron chi connectivity index (χ2n) is 6.24. The van der Waals surface area contributed by atoms with Gasteiger partial charge in [-0.2, -0.15) is 0 Å². The second-order valence-corrected chi connectivity index (χ2v) is 6.24. The lowest BCUT2D eigenvalue weighted by Crippen LogP contribution is -2.38. The van der Waals surface area contributed by atoms with Gasteiger partial charge in [0.1, 0.15) is 0 Å². The fourth-order valence-electron chi connectivity index (χ4n) is 3.41. The molecule has 0 amide bonds. The lowest BCUT2D eigenvalue weighted by atomic mass is 9.76. The van der Waals surface area contributed by atoms with Crippen molar-refractivity contribution in [2.24, 2.45) is 17.1 Å². The molecule has 1 aromatic carbocycles. The zero-order valence-corrected chi connectivity index (χ0v) is 11.6. The highest BCUT2D eigenvalue weighted by atomic mass is 16.6. The van der Waals surface area contributed by atoms with Crippen LogP contribution in [0.4, 0.5) is 5.69 Å². The molecule has 1 fully saturated rings. The zero-order valence-electron chi connectivity index (χ0n) is 11.6. The number of benzene rings is 1. The summed E-state index contributed by atoms with van der Waals surface area (Å²) in [5, 5.41) is 11.0. The first kappa shape index (κ1) is 14.0. The largest absolute Gasteiger partial charge is 0.327 e. The molecule has 0 aliphatic heterocycles. The van der Waals surface area contributed by atoms with Crippen LogP contribution >= 0.6 is 0 Å². The fraction of sp³-hybridized carbons (Fsp3) is 0.600. The average Bonchev–Trinajstić information content (AvgIpc) is 2.69. The molecule has 4 heteroatoms. The molecule has 2 rings (SSSR count). The van der Waals surface area contributed by atoms with Gasteiger partial charge in [-0.15, -0.1) is 0 Å². The number of nitro groups is 1. The second kappa shape index (κ2) is 5.29. The summed E-state index contributed by atoms with van der Waals surface area (Å²) in [4.78, 5) is 10.7. The fourth-order valence-corrected chi connectivity index (χ4v) is 3.41. The van der Waals surface area contributed by atoms with Crippen molar-refractivity contribution in [2.75, 3.05) is 0 Å². The summed E-state index contributed by atoms with van der Waals surface area (Å²) in [6.45, 7) is 4.51. The summed E-state index contributed by atoms with van der Waals surface area (Å²) in [7, 11) is 0. The predicted octanol–water partition coefficient (Wildman–Crippen LogP) is 3.29. The van der Waals surface area contributed by atoms with E-state index in [1.807, 2.05) is 12.1 Å². The topological polar surface area (TPSA) is 69.2 Å². The van der Waals surface area contributed by atoms with Crippen LogP contribution in [0.1, 0.15) is 38.7 Å². The quantitative estimate of drug-likeness (QED) is 0.668. The SMILES string of the molecule is CC1(C)CCCC1C(N)Cc1ccccc1[N+](=O)[O-]. The summed E-state index contributed by atoms with van der Waals surface area (Å²) in [6, 6.07) is 6.92. The highest BCUT2D eigenvalue weighted by Crippen LogP contribution is 2.44. The molecule has 0 radical (unpaired) electrons. The van der Waals surface area contributed by atoms with Crippen LogP contribution in [0.25, 0.3) is 0 Å². The van der Waals surface area contributed by atoms with Gasteiger partial charge in [0, 0.05) is 17.7 Å². The molecule has 1 aliphatic carbocycles. The van der Waals surface area contributed by atoms with Crippen LogP contribution in [0.3, 0.4) is 0 Å². The molecule has 4 nitrogen and oxygen atoms in total. The predicted molar refractivity (Wildman–Crippen MR) is 75.9 cm³/mol. The van der Waals surface area contributed by atoms with Crippen LogP contribution in [0, 0.1) is 21.4 Å². The number of nitrogens with zero attached hydrogens (tertiary/aromatic N) is 1. The number of nitrogens with two attached hydrogens (primary N) is 1. The molecule has 0 aromatic heterocycles. The Balaban J connectivity index is 2.15. The maximum Gasteiger partial charge on any atom is 0.272 e. The van der Waals surface area contributed by atoms with E-state index in [4.69, 9.17) is 5.73 Å². The molecule has 0 spiro atoms. The van der Waals surface area contributed by atoms with Crippen molar-refractivity contribution < 1.29 is 4.92 Å². The van der Waals surface area contributed by atoms with E-state index in [-0.39, 0.29) is 22.1 Å². The first-order valence-corrected chi connectivity index (χ1v) is 6.90. The molecule has 1 aliphatic rings. The molecule has 2 N–H and O–H groups in total. The summed E-state index contributed by atoms with van der Waals surface area (Å²) in [5.74, 6) is 0.451. The van der Waals surface area contributed by atoms with E-state index in [2.05, 4.69) is 13.8 Å². The number of rotatable bonds is 4. The minimum absolute atomic E-state index is 0.00130. The maximum atomic E-state index is 11.0. The van der Waals surface area contributed by atoms with Crippen molar-refractivity contribution in [1.29, 1.82) is 0 Å². The lowest BCUT2D eigenvalue weighted by molar-refractivity contribution is -0.385. The van der Waals surface area contributed by atoms with E-state index in [1.165, 1.54) is 12.8 Å². The van der Waals surface area contributed by atoms with Gasteiger partial charge in [0.05, 0.1) is 4.92 Å². The van der Waals surface area contributed by atoms with Gasteiger partial charge in [-0.3, -0.25) is 10.1 Å². The zero-order chi connectivity index (χ0) is 14.0. The molecule has 19 heavy (non-hydrogen) atoms. The first-order chi connectivity index (χ1) is 8.92. The summed E-state index contributed by atoms with van der Waals surface area (Å²) in [6.07, 6.45) is 4.13. The van der Waals surface area contributed by atoms with Gasteiger partial charge in [0.2, 0.25) is 0 Å². The summed E-state index contributed by atoms with van der Waals surface area (Å²) in [5.41, 5.74) is 7.53. The van der Waals surface area contributed by atoms with Crippen LogP contribution in [0.2, 0.25) is 0 Å². The Bertz CT molecular complexity index is 471. The molecule has 0 heterocycles. The Kier molecular flexibility index (Phi) is 3.90. The van der Waals surface area contributed by atoms with E-state index < -0.39 is 0 Å². The van der Waals surface area contributed by atoms with E-state index >= 15 is 0 Å². The van der Waals surface area contributed by atoms with Gasteiger partial charge in [-0.05, 0) is 30.6 Å². The average molecular weight is 262 g/mol. The van der Waals surface area contributed by atoms with Crippen molar-refractivity contribution in [2.45, 2.75) is 45.6 Å². The van der Waals surface area contributed by atoms with Crippen molar-refractivity contribution >= 4 is 5.69 Å². The molecule has 104 valence electrons. The van der Waals surface area contributed by atoms with Gasteiger partial charge >= 0.3 is 0 Å². The van der Waals surface area contributed by atoms with E-state index in [0.29, 0.717) is 12.3 Å². The van der Waals surface area contributed by atoms with Gasteiger partial charge in [0.15, 0.2) is 0 Å². The lowest BCUT2D eigenvalue weighted by Gasteiger charge is -2.32. The summed E-state index contributed by atoms with van der Waals surface area (Å²) < 4.78 is 0. The third kappa shape index (κ3) is 2.95. The van der Waals surface area contributed by atoms with Crippen molar-refractivity contribution in [1.82, 2.24) is 0 Å². The molecule has 0 bridgehead atoms. The van der Waals surface area contributed by atoms with Crippen molar-refractivity contribution in [3.05, 3.63) is 39.9 Å². The van der Waals surface area contributed by atoms with Crippen molar-refractivity contribution in [3.8, 4) is 0 Å². The minimum atomic E-state index is -0.318. The maximum absolute atomic E-state index is 11.0. The molecule has 1 aromatic rings. The minimum Gasteiger partial charge on any atom is -0.327 e. The van der Waals surface area contributed by atoms with Crippen LogP contribution in [-0.2, 0) is 6.42 Å². The monoisotopic (exact) mass is 262 g/mol. The first-order valence-electron chi connectivity index (χ1n) is 6.90. The molecule has 2 unspecified atom stereocenters. The highest BCUT2D eigenvalue weighted by Gasteiger charge is 2.38. The van der Waals surface area contributed by atoms with Gasteiger partial charge in [-0.1, -0.05) is 38.5 Å². The molecule has 2 atom stereocenters. The smallest absolute Gasteiger partial charge is 0.272 e. The number of hydrogen-bond donors (Lipinski definition) is 1. The third-order valence-electron chi connectivity index (χ3n) is 4.50. The van der Waals surface area contributed by atoms with E-state index in [0.717, 1.165) is 12.0 Å². The summed E-state index contributed by atoms with van der Waals surface area (Å²) >= 11 is 0. The van der Waals surface area contributed by atoms with Gasteiger partial charge < -0.3 is 5.73 Å². The number of hydrogen-bond acceptors (Lipinski definition) is 3. The van der Waals surface area contributed by atoms with Crippen LogP contribution in [0.15, 0.2) is 24.3 Å². The van der Waals surface area contributed by atoms with Crippen LogP contribution in [-0.4, -0.2) is 11.0 Å². The molecule has 0 saturated heterocycles. The van der Waals surface area contributed by atoms with Crippen LogP contribution in [0.5, 0.6) is 0 Å². The highest BCUT2D eigenvalue weighted by molar-refractivity contribution is 5.40. The number of para-hydroxylation sites is 1. The molecule has 1 saturated carbocycles. The van der Waals surface area contributed by atoms with Gasteiger partial charge in [-0.25, -0.2) is 0 Å². The Hall–Kier alpha value is -1.42. The normalized spacial score (nSPS) is 23.2. The van der Waals surface area contributed by atoms with Gasteiger partial charge in [0.25, 0.3) is 5.69 Å². The van der Waals surface area contributed by atoms with E-state index in [9.17, 15) is 10.1 Å². The van der Waals surface area contributed by atoms with E-state index in [1.54, 1.807) is 12.1 Å². The Morgan fingerprint density at radius 1 is 1.47 bits per heavy atom. The third-order valence-corrected chi connectivity index (χ3v) is 4.50.